The van der Waals surface area contributed by atoms with Crippen LogP contribution in [0.2, 0.25) is 0 Å². The van der Waals surface area contributed by atoms with E-state index in [-0.39, 0.29) is 0 Å². The Labute approximate surface area is 157 Å². The van der Waals surface area contributed by atoms with Gasteiger partial charge in [-0.2, -0.15) is 0 Å². The van der Waals surface area contributed by atoms with Gasteiger partial charge >= 0.3 is 0 Å². The first-order valence-corrected chi connectivity index (χ1v) is 9.45. The highest BCUT2D eigenvalue weighted by molar-refractivity contribution is 7.80. The third-order valence-electron chi connectivity index (χ3n) is 4.41. The van der Waals surface area contributed by atoms with Crippen molar-refractivity contribution in [3.05, 3.63) is 64.7 Å². The highest BCUT2D eigenvalue weighted by atomic mass is 32.1. The van der Waals surface area contributed by atoms with E-state index in [9.17, 15) is 0 Å². The average Bonchev–Trinajstić information content (AvgIpc) is 2.58. The van der Waals surface area contributed by atoms with Crippen molar-refractivity contribution in [2.45, 2.75) is 40.8 Å². The zero-order chi connectivity index (χ0) is 18.2. The van der Waals surface area contributed by atoms with Crippen LogP contribution in [0.15, 0.2) is 42.5 Å². The van der Waals surface area contributed by atoms with Crippen LogP contribution in [0.4, 0.5) is 5.69 Å². The lowest BCUT2D eigenvalue weighted by molar-refractivity contribution is -0.910. The molecule has 0 amide bonds. The minimum absolute atomic E-state index is 0.654. The summed E-state index contributed by atoms with van der Waals surface area (Å²) in [5.74, 6) is 0. The fraction of sp³-hybridized carbons (Fsp3) is 0.381. The van der Waals surface area contributed by atoms with Crippen LogP contribution in [0.3, 0.4) is 0 Å². The summed E-state index contributed by atoms with van der Waals surface area (Å²) in [5, 5.41) is 7.20. The predicted octanol–water partition coefficient (Wildman–Crippen LogP) is 3.21. The second-order valence-electron chi connectivity index (χ2n) is 6.63. The summed E-state index contributed by atoms with van der Waals surface area (Å²) in [5.41, 5.74) is 6.13. The first-order chi connectivity index (χ1) is 12.0. The lowest BCUT2D eigenvalue weighted by atomic mass is 10.1. The Morgan fingerprint density at radius 2 is 1.48 bits per heavy atom. The van der Waals surface area contributed by atoms with Gasteiger partial charge in [0.25, 0.3) is 0 Å². The van der Waals surface area contributed by atoms with Crippen LogP contribution in [-0.4, -0.2) is 18.2 Å². The van der Waals surface area contributed by atoms with Gasteiger partial charge in [0.2, 0.25) is 0 Å². The van der Waals surface area contributed by atoms with Gasteiger partial charge in [-0.05, 0) is 68.7 Å². The van der Waals surface area contributed by atoms with Gasteiger partial charge in [0.05, 0.1) is 13.1 Å². The maximum Gasteiger partial charge on any atom is 0.171 e. The maximum absolute atomic E-state index is 5.41. The second-order valence-corrected chi connectivity index (χ2v) is 7.04. The van der Waals surface area contributed by atoms with E-state index in [0.717, 1.165) is 31.9 Å². The summed E-state index contributed by atoms with van der Waals surface area (Å²) in [7, 11) is 0. The average molecular weight is 357 g/mol. The van der Waals surface area contributed by atoms with E-state index < -0.39 is 0 Å². The molecule has 0 saturated heterocycles. The van der Waals surface area contributed by atoms with Gasteiger partial charge in [0, 0.05) is 17.8 Å². The molecule has 0 radical (unpaired) electrons. The van der Waals surface area contributed by atoms with Crippen molar-refractivity contribution < 1.29 is 4.90 Å². The van der Waals surface area contributed by atoms with Crippen LogP contribution in [-0.2, 0) is 13.1 Å². The number of quaternary nitrogens is 1. The molecule has 0 aliphatic carbocycles. The van der Waals surface area contributed by atoms with Crippen molar-refractivity contribution in [3.8, 4) is 0 Å². The van der Waals surface area contributed by atoms with Crippen molar-refractivity contribution in [2.24, 2.45) is 0 Å². The topological polar surface area (TPSA) is 28.5 Å². The summed E-state index contributed by atoms with van der Waals surface area (Å²) in [6, 6.07) is 15.2. The first-order valence-electron chi connectivity index (χ1n) is 9.04. The summed E-state index contributed by atoms with van der Waals surface area (Å²) < 4.78 is 0. The van der Waals surface area contributed by atoms with Gasteiger partial charge in [-0.3, -0.25) is 0 Å². The number of rotatable bonds is 7. The molecule has 2 rings (SSSR count). The molecule has 25 heavy (non-hydrogen) atoms. The molecule has 0 saturated carbocycles. The molecule has 0 spiro atoms. The summed E-state index contributed by atoms with van der Waals surface area (Å²) >= 11 is 5.41. The maximum atomic E-state index is 5.41. The number of hydrogen-bond acceptors (Lipinski definition) is 1. The molecular weight excluding hydrogens is 326 g/mol. The molecule has 0 atom stereocenters. The molecule has 0 heterocycles. The fourth-order valence-corrected chi connectivity index (χ4v) is 3.16. The standard InChI is InChI=1S/C21H29N3S/c1-5-24(6-2)15-19-9-7-18(8-10-19)14-22-21(25)23-20-12-16(3)11-17(4)13-20/h7-13H,5-6,14-15H2,1-4H3,(H2,22,23,25)/p+1. The fourth-order valence-electron chi connectivity index (χ4n) is 2.97. The molecule has 2 aromatic rings. The van der Waals surface area contributed by atoms with Gasteiger partial charge < -0.3 is 15.5 Å². The van der Waals surface area contributed by atoms with Gasteiger partial charge in [0.15, 0.2) is 5.11 Å². The van der Waals surface area contributed by atoms with E-state index >= 15 is 0 Å². The Kier molecular flexibility index (Phi) is 7.41. The van der Waals surface area contributed by atoms with Crippen molar-refractivity contribution in [3.63, 3.8) is 0 Å². The lowest BCUT2D eigenvalue weighted by Gasteiger charge is -2.15. The SMILES string of the molecule is CC[NH+](CC)Cc1ccc(CNC(=S)Nc2cc(C)cc(C)c2)cc1. The van der Waals surface area contributed by atoms with Gasteiger partial charge in [-0.25, -0.2) is 0 Å². The van der Waals surface area contributed by atoms with E-state index in [1.54, 1.807) is 4.90 Å². The van der Waals surface area contributed by atoms with Crippen LogP contribution >= 0.6 is 12.2 Å². The molecule has 0 fully saturated rings. The van der Waals surface area contributed by atoms with Crippen LogP contribution in [0.25, 0.3) is 0 Å². The predicted molar refractivity (Wildman–Crippen MR) is 111 cm³/mol. The molecular formula is C21H30N3S+. The normalized spacial score (nSPS) is 10.8. The smallest absolute Gasteiger partial charge is 0.171 e. The molecule has 3 nitrogen and oxygen atoms in total. The summed E-state index contributed by atoms with van der Waals surface area (Å²) in [4.78, 5) is 1.60. The summed E-state index contributed by atoms with van der Waals surface area (Å²) in [6.45, 7) is 12.8. The van der Waals surface area contributed by atoms with Gasteiger partial charge in [-0.1, -0.05) is 30.3 Å². The number of anilines is 1. The molecule has 0 aliphatic rings. The zero-order valence-corrected chi connectivity index (χ0v) is 16.6. The molecule has 0 aliphatic heterocycles. The highest BCUT2D eigenvalue weighted by Gasteiger charge is 2.05. The minimum Gasteiger partial charge on any atom is -0.358 e. The highest BCUT2D eigenvalue weighted by Crippen LogP contribution is 2.13. The molecule has 0 bridgehead atoms. The van der Waals surface area contributed by atoms with Crippen molar-refractivity contribution in [1.82, 2.24) is 5.32 Å². The lowest BCUT2D eigenvalue weighted by Crippen LogP contribution is -3.10. The minimum atomic E-state index is 0.654. The second kappa shape index (κ2) is 9.54. The Balaban J connectivity index is 1.85. The van der Waals surface area contributed by atoms with Crippen LogP contribution in [0.1, 0.15) is 36.1 Å². The van der Waals surface area contributed by atoms with Gasteiger partial charge in [0.1, 0.15) is 6.54 Å². The molecule has 2 aromatic carbocycles. The van der Waals surface area contributed by atoms with E-state index in [1.807, 2.05) is 0 Å². The van der Waals surface area contributed by atoms with Crippen molar-refractivity contribution in [2.75, 3.05) is 18.4 Å². The van der Waals surface area contributed by atoms with Crippen LogP contribution in [0.5, 0.6) is 0 Å². The van der Waals surface area contributed by atoms with E-state index in [0.29, 0.717) is 5.11 Å². The largest absolute Gasteiger partial charge is 0.358 e. The third-order valence-corrected chi connectivity index (χ3v) is 4.66. The van der Waals surface area contributed by atoms with E-state index in [4.69, 9.17) is 12.2 Å². The van der Waals surface area contributed by atoms with Crippen LogP contribution in [0, 0.1) is 13.8 Å². The number of benzene rings is 2. The molecule has 0 unspecified atom stereocenters. The van der Waals surface area contributed by atoms with Crippen molar-refractivity contribution >= 4 is 23.0 Å². The zero-order valence-electron chi connectivity index (χ0n) is 15.8. The molecule has 0 aromatic heterocycles. The molecule has 4 heteroatoms. The van der Waals surface area contributed by atoms with Gasteiger partial charge in [-0.15, -0.1) is 0 Å². The third kappa shape index (κ3) is 6.48. The Bertz CT molecular complexity index is 671. The Morgan fingerprint density at radius 1 is 0.920 bits per heavy atom. The monoisotopic (exact) mass is 356 g/mol. The molecule has 3 N–H and O–H groups in total. The first kappa shape index (κ1) is 19.4. The number of thiocarbonyl (C=S) groups is 1. The number of aryl methyl sites for hydroxylation is 2. The quantitative estimate of drug-likeness (QED) is 0.665. The Hall–Kier alpha value is -1.91. The van der Waals surface area contributed by atoms with E-state index in [1.165, 1.54) is 22.3 Å². The van der Waals surface area contributed by atoms with Crippen LogP contribution < -0.4 is 15.5 Å². The number of nitrogens with one attached hydrogen (secondary N) is 3. The number of hydrogen-bond donors (Lipinski definition) is 3. The molecule has 134 valence electrons. The summed E-state index contributed by atoms with van der Waals surface area (Å²) in [6.07, 6.45) is 0. The van der Waals surface area contributed by atoms with E-state index in [2.05, 4.69) is 80.8 Å². The van der Waals surface area contributed by atoms with Crippen molar-refractivity contribution in [1.29, 1.82) is 0 Å². The Morgan fingerprint density at radius 3 is 2.04 bits per heavy atom.